The third-order valence-corrected chi connectivity index (χ3v) is 8.57. The Labute approximate surface area is 167 Å². The van der Waals surface area contributed by atoms with Gasteiger partial charge in [-0.15, -0.1) is 0 Å². The van der Waals surface area contributed by atoms with Crippen molar-refractivity contribution >= 4 is 17.7 Å². The summed E-state index contributed by atoms with van der Waals surface area (Å²) >= 11 is 0. The second-order valence-electron chi connectivity index (χ2n) is 9.71. The van der Waals surface area contributed by atoms with Gasteiger partial charge in [0.2, 0.25) is 0 Å². The molecule has 0 radical (unpaired) electrons. The minimum Gasteiger partial charge on any atom is -0.458 e. The molecule has 28 heavy (non-hydrogen) atoms. The predicted octanol–water partition coefficient (Wildman–Crippen LogP) is 3.99. The van der Waals surface area contributed by atoms with Crippen LogP contribution in [0.1, 0.15) is 72.1 Å². The molecule has 0 unspecified atom stereocenters. The fourth-order valence-electron chi connectivity index (χ4n) is 7.07. The first-order valence-corrected chi connectivity index (χ1v) is 10.9. The van der Waals surface area contributed by atoms with Crippen LogP contribution in [0, 0.1) is 28.6 Å². The molecular weight excluding hydrogens is 356 g/mol. The molecule has 5 heteroatoms. The summed E-state index contributed by atoms with van der Waals surface area (Å²) in [6.45, 7) is 6.49. The summed E-state index contributed by atoms with van der Waals surface area (Å²) in [5.74, 6) is 0.303. The smallest absolute Gasteiger partial charge is 0.417 e. The van der Waals surface area contributed by atoms with E-state index in [4.69, 9.17) is 9.47 Å². The summed E-state index contributed by atoms with van der Waals surface area (Å²) in [6, 6.07) is 0. The maximum atomic E-state index is 12.1. The second kappa shape index (κ2) is 7.00. The Morgan fingerprint density at radius 3 is 2.57 bits per heavy atom. The van der Waals surface area contributed by atoms with Crippen LogP contribution in [0.3, 0.4) is 0 Å². The van der Waals surface area contributed by atoms with E-state index in [0.717, 1.165) is 44.9 Å². The van der Waals surface area contributed by atoms with Crippen LogP contribution in [0.5, 0.6) is 0 Å². The summed E-state index contributed by atoms with van der Waals surface area (Å²) in [5.41, 5.74) is 1.46. The molecule has 154 valence electrons. The van der Waals surface area contributed by atoms with Crippen LogP contribution >= 0.6 is 0 Å². The van der Waals surface area contributed by atoms with E-state index in [1.807, 2.05) is 6.08 Å². The highest BCUT2D eigenvalue weighted by Gasteiger charge is 2.60. The van der Waals surface area contributed by atoms with E-state index in [9.17, 15) is 14.4 Å². The lowest BCUT2D eigenvalue weighted by atomic mass is 9.47. The van der Waals surface area contributed by atoms with Crippen molar-refractivity contribution in [2.45, 2.75) is 78.2 Å². The van der Waals surface area contributed by atoms with Crippen LogP contribution in [0.15, 0.2) is 11.6 Å². The number of fused-ring (bicyclic) bond motifs is 5. The van der Waals surface area contributed by atoms with E-state index in [-0.39, 0.29) is 23.5 Å². The van der Waals surface area contributed by atoms with Gasteiger partial charge in [-0.2, -0.15) is 0 Å². The Kier molecular flexibility index (Phi) is 4.91. The average molecular weight is 389 g/mol. The van der Waals surface area contributed by atoms with E-state index >= 15 is 0 Å². The number of hydrogen-bond acceptors (Lipinski definition) is 5. The fourth-order valence-corrected chi connectivity index (χ4v) is 7.07. The van der Waals surface area contributed by atoms with Crippen LogP contribution in [-0.4, -0.2) is 30.4 Å². The molecule has 4 rings (SSSR count). The molecule has 0 aromatic heterocycles. The monoisotopic (exact) mass is 388 g/mol. The van der Waals surface area contributed by atoms with Gasteiger partial charge >= 0.3 is 11.9 Å². The Morgan fingerprint density at radius 2 is 1.82 bits per heavy atom. The van der Waals surface area contributed by atoms with Crippen molar-refractivity contribution in [1.29, 1.82) is 0 Å². The topological polar surface area (TPSA) is 69.7 Å². The van der Waals surface area contributed by atoms with E-state index in [1.165, 1.54) is 5.57 Å². The van der Waals surface area contributed by atoms with Crippen molar-refractivity contribution in [3.63, 3.8) is 0 Å². The molecule has 0 heterocycles. The Hall–Kier alpha value is -1.65. The molecule has 0 N–H and O–H groups in total. The molecule has 0 amide bonds. The van der Waals surface area contributed by atoms with Gasteiger partial charge in [-0.05, 0) is 81.1 Å². The maximum Gasteiger partial charge on any atom is 0.417 e. The van der Waals surface area contributed by atoms with Crippen LogP contribution in [0.2, 0.25) is 0 Å². The Balaban J connectivity index is 1.52. The average Bonchev–Trinajstić information content (AvgIpc) is 2.99. The fraction of sp³-hybridized carbons (Fsp3) is 0.783. The number of carbonyl (C=O) groups excluding carboxylic acids is 3. The number of esters is 2. The van der Waals surface area contributed by atoms with Gasteiger partial charge < -0.3 is 9.47 Å². The zero-order chi connectivity index (χ0) is 20.1. The number of carbonyl (C=O) groups is 3. The highest BCUT2D eigenvalue weighted by atomic mass is 16.6. The molecule has 4 aliphatic rings. The quantitative estimate of drug-likeness (QED) is 0.528. The van der Waals surface area contributed by atoms with Crippen LogP contribution in [-0.2, 0) is 23.9 Å². The standard InChI is InChI=1S/C23H32O5/c1-4-27-20(25)21(26)28-19-8-7-17-16-6-5-14-13-15(24)9-11-22(14,2)18(16)10-12-23(17,19)3/h13,16-19H,4-12H2,1-3H3/t16-,17+,18-,19+,22+,23+/m1/s1. The number of ketones is 1. The van der Waals surface area contributed by atoms with Gasteiger partial charge in [0, 0.05) is 11.8 Å². The molecule has 0 aromatic carbocycles. The van der Waals surface area contributed by atoms with Gasteiger partial charge in [-0.1, -0.05) is 19.4 Å². The highest BCUT2D eigenvalue weighted by Crippen LogP contribution is 2.65. The molecule has 0 saturated heterocycles. The van der Waals surface area contributed by atoms with E-state index < -0.39 is 11.9 Å². The summed E-state index contributed by atoms with van der Waals surface area (Å²) in [5, 5.41) is 0. The minimum atomic E-state index is -0.880. The molecule has 6 atom stereocenters. The lowest BCUT2D eigenvalue weighted by molar-refractivity contribution is -0.176. The molecule has 3 fully saturated rings. The number of allylic oxidation sites excluding steroid dienone is 1. The third kappa shape index (κ3) is 2.93. The van der Waals surface area contributed by atoms with E-state index in [2.05, 4.69) is 13.8 Å². The lowest BCUT2D eigenvalue weighted by Gasteiger charge is -2.57. The van der Waals surface area contributed by atoms with E-state index in [0.29, 0.717) is 30.0 Å². The Morgan fingerprint density at radius 1 is 1.04 bits per heavy atom. The zero-order valence-electron chi connectivity index (χ0n) is 17.3. The maximum absolute atomic E-state index is 12.1. The molecule has 0 spiro atoms. The van der Waals surface area contributed by atoms with Crippen molar-refractivity contribution in [1.82, 2.24) is 0 Å². The molecular formula is C23H32O5. The van der Waals surface area contributed by atoms with Gasteiger partial charge in [0.1, 0.15) is 6.10 Å². The first kappa shape index (κ1) is 19.7. The lowest BCUT2D eigenvalue weighted by Crippen LogP contribution is -2.51. The largest absolute Gasteiger partial charge is 0.458 e. The summed E-state index contributed by atoms with van der Waals surface area (Å²) in [6.07, 6.45) is 9.51. The number of hydrogen-bond donors (Lipinski definition) is 0. The van der Waals surface area contributed by atoms with Gasteiger partial charge in [-0.3, -0.25) is 4.79 Å². The van der Waals surface area contributed by atoms with Gasteiger partial charge in [0.15, 0.2) is 5.78 Å². The summed E-state index contributed by atoms with van der Waals surface area (Å²) in [7, 11) is 0. The van der Waals surface area contributed by atoms with Gasteiger partial charge in [0.25, 0.3) is 0 Å². The molecule has 5 nitrogen and oxygen atoms in total. The first-order chi connectivity index (χ1) is 13.3. The molecule has 0 bridgehead atoms. The van der Waals surface area contributed by atoms with E-state index in [1.54, 1.807) is 6.92 Å². The molecule has 0 aliphatic heterocycles. The van der Waals surface area contributed by atoms with Crippen LogP contribution in [0.4, 0.5) is 0 Å². The van der Waals surface area contributed by atoms with Crippen molar-refractivity contribution in [2.75, 3.05) is 6.61 Å². The normalized spacial score (nSPS) is 42.0. The number of ether oxygens (including phenoxy) is 2. The predicted molar refractivity (Wildman–Crippen MR) is 103 cm³/mol. The third-order valence-electron chi connectivity index (χ3n) is 8.57. The van der Waals surface area contributed by atoms with Crippen molar-refractivity contribution in [2.24, 2.45) is 28.6 Å². The second-order valence-corrected chi connectivity index (χ2v) is 9.71. The van der Waals surface area contributed by atoms with Crippen molar-refractivity contribution < 1.29 is 23.9 Å². The van der Waals surface area contributed by atoms with Crippen LogP contribution in [0.25, 0.3) is 0 Å². The number of rotatable bonds is 2. The molecule has 0 aromatic rings. The molecule has 3 saturated carbocycles. The zero-order valence-corrected chi connectivity index (χ0v) is 17.3. The van der Waals surface area contributed by atoms with Gasteiger partial charge in [-0.25, -0.2) is 9.59 Å². The van der Waals surface area contributed by atoms with Crippen molar-refractivity contribution in [3.8, 4) is 0 Å². The highest BCUT2D eigenvalue weighted by molar-refractivity contribution is 6.29. The summed E-state index contributed by atoms with van der Waals surface area (Å²) in [4.78, 5) is 35.8. The summed E-state index contributed by atoms with van der Waals surface area (Å²) < 4.78 is 10.5. The van der Waals surface area contributed by atoms with Crippen molar-refractivity contribution in [3.05, 3.63) is 11.6 Å². The van der Waals surface area contributed by atoms with Gasteiger partial charge in [0.05, 0.1) is 6.61 Å². The molecule has 4 aliphatic carbocycles. The Bertz CT molecular complexity index is 725. The first-order valence-electron chi connectivity index (χ1n) is 10.9. The van der Waals surface area contributed by atoms with Crippen LogP contribution < -0.4 is 0 Å². The SMILES string of the molecule is CCOC(=O)C(=O)O[C@H]1CC[C@H]2[C@H]3CCC4=CC(=O)CC[C@]4(C)[C@@H]3CC[C@]12C. The minimum absolute atomic E-state index is 0.0641.